The molecule has 0 atom stereocenters. The first-order chi connectivity index (χ1) is 4.18. The van der Waals surface area contributed by atoms with E-state index in [0.29, 0.717) is 6.42 Å². The van der Waals surface area contributed by atoms with Crippen molar-refractivity contribution in [1.29, 1.82) is 0 Å². The van der Waals surface area contributed by atoms with Gasteiger partial charge in [0.15, 0.2) is 0 Å². The highest BCUT2D eigenvalue weighted by atomic mass is 79.9. The summed E-state index contributed by atoms with van der Waals surface area (Å²) in [6.45, 7) is 1.80. The van der Waals surface area contributed by atoms with Gasteiger partial charge >= 0.3 is 0 Å². The number of hydrogen-bond acceptors (Lipinski definition) is 1. The van der Waals surface area contributed by atoms with Gasteiger partial charge in [0.1, 0.15) is 0 Å². The highest BCUT2D eigenvalue weighted by Crippen LogP contribution is 2.14. The summed E-state index contributed by atoms with van der Waals surface area (Å²) in [4.78, 5) is 14.3. The highest BCUT2D eigenvalue weighted by molar-refractivity contribution is 9.11. The van der Waals surface area contributed by atoms with Gasteiger partial charge in [-0.2, -0.15) is 0 Å². The first-order valence-corrected chi connectivity index (χ1v) is 3.42. The predicted octanol–water partition coefficient (Wildman–Crippen LogP) is 1.66. The van der Waals surface area contributed by atoms with Gasteiger partial charge < -0.3 is 0 Å². The topological polar surface area (TPSA) is 29.4 Å². The van der Waals surface area contributed by atoms with Crippen LogP contribution in [0.15, 0.2) is 15.6 Å². The lowest BCUT2D eigenvalue weighted by Gasteiger charge is -2.01. The van der Waals surface area contributed by atoms with Gasteiger partial charge in [-0.05, 0) is 13.0 Å². The van der Waals surface area contributed by atoms with E-state index in [-0.39, 0.29) is 5.91 Å². The SMILES string of the molecule is CC1=NC(=O)CC(Br)=C1. The molecule has 1 aliphatic heterocycles. The number of amides is 1. The number of carbonyl (C=O) groups excluding carboxylic acids is 1. The summed E-state index contributed by atoms with van der Waals surface area (Å²) >= 11 is 3.23. The zero-order chi connectivity index (χ0) is 6.85. The quantitative estimate of drug-likeness (QED) is 0.568. The van der Waals surface area contributed by atoms with Gasteiger partial charge in [0, 0.05) is 10.2 Å². The maximum absolute atomic E-state index is 10.6. The second-order valence-corrected chi connectivity index (χ2v) is 2.93. The summed E-state index contributed by atoms with van der Waals surface area (Å²) in [7, 11) is 0. The molecule has 3 heteroatoms. The molecule has 0 aliphatic carbocycles. The molecule has 0 saturated heterocycles. The minimum Gasteiger partial charge on any atom is -0.272 e. The molecule has 0 N–H and O–H groups in total. The number of halogens is 1. The van der Waals surface area contributed by atoms with Crippen molar-refractivity contribution in [2.45, 2.75) is 13.3 Å². The Morgan fingerprint density at radius 3 is 2.89 bits per heavy atom. The Bertz CT molecular complexity index is 205. The van der Waals surface area contributed by atoms with Crippen molar-refractivity contribution in [3.05, 3.63) is 10.6 Å². The van der Waals surface area contributed by atoms with Crippen molar-refractivity contribution in [3.8, 4) is 0 Å². The number of nitrogens with zero attached hydrogens (tertiary/aromatic N) is 1. The zero-order valence-electron chi connectivity index (χ0n) is 5.02. The number of dihydropyridines is 1. The van der Waals surface area contributed by atoms with Crippen LogP contribution in [0.3, 0.4) is 0 Å². The molecule has 0 fully saturated rings. The van der Waals surface area contributed by atoms with Crippen LogP contribution in [0.5, 0.6) is 0 Å². The smallest absolute Gasteiger partial charge is 0.250 e. The van der Waals surface area contributed by atoms with Crippen molar-refractivity contribution in [3.63, 3.8) is 0 Å². The van der Waals surface area contributed by atoms with Crippen LogP contribution in [0.25, 0.3) is 0 Å². The van der Waals surface area contributed by atoms with E-state index in [0.717, 1.165) is 10.2 Å². The van der Waals surface area contributed by atoms with Crippen molar-refractivity contribution in [1.82, 2.24) is 0 Å². The summed E-state index contributed by atoms with van der Waals surface area (Å²) in [5, 5.41) is 0. The van der Waals surface area contributed by atoms with E-state index in [9.17, 15) is 4.79 Å². The van der Waals surface area contributed by atoms with Crippen LogP contribution in [-0.2, 0) is 4.79 Å². The fourth-order valence-corrected chi connectivity index (χ4v) is 1.26. The Kier molecular flexibility index (Phi) is 1.81. The van der Waals surface area contributed by atoms with Crippen LogP contribution in [0.1, 0.15) is 13.3 Å². The molecule has 0 saturated carbocycles. The Labute approximate surface area is 61.8 Å². The van der Waals surface area contributed by atoms with Crippen molar-refractivity contribution >= 4 is 27.5 Å². The largest absolute Gasteiger partial charge is 0.272 e. The molecular weight excluding hydrogens is 182 g/mol. The normalized spacial score (nSPS) is 19.1. The summed E-state index contributed by atoms with van der Waals surface area (Å²) in [5.74, 6) is -0.0677. The van der Waals surface area contributed by atoms with Gasteiger partial charge in [-0.25, -0.2) is 4.99 Å². The number of rotatable bonds is 0. The zero-order valence-corrected chi connectivity index (χ0v) is 6.60. The maximum Gasteiger partial charge on any atom is 0.250 e. The first-order valence-electron chi connectivity index (χ1n) is 2.62. The highest BCUT2D eigenvalue weighted by Gasteiger charge is 2.07. The molecule has 1 rings (SSSR count). The molecule has 0 aromatic rings. The second kappa shape index (κ2) is 2.43. The van der Waals surface area contributed by atoms with E-state index in [1.165, 1.54) is 0 Å². The third kappa shape index (κ3) is 1.75. The van der Waals surface area contributed by atoms with E-state index >= 15 is 0 Å². The lowest BCUT2D eigenvalue weighted by molar-refractivity contribution is -0.117. The Balaban J connectivity index is 2.86. The van der Waals surface area contributed by atoms with Gasteiger partial charge in [0.2, 0.25) is 0 Å². The molecule has 0 bridgehead atoms. The third-order valence-electron chi connectivity index (χ3n) is 0.987. The van der Waals surface area contributed by atoms with Crippen LogP contribution in [0.4, 0.5) is 0 Å². The van der Waals surface area contributed by atoms with Crippen LogP contribution >= 0.6 is 15.9 Å². The molecule has 0 spiro atoms. The van der Waals surface area contributed by atoms with Gasteiger partial charge in [0.25, 0.3) is 5.91 Å². The average molecular weight is 188 g/mol. The molecule has 0 aromatic heterocycles. The predicted molar refractivity (Wildman–Crippen MR) is 39.7 cm³/mol. The Morgan fingerprint density at radius 1 is 1.78 bits per heavy atom. The van der Waals surface area contributed by atoms with Gasteiger partial charge in [-0.15, -0.1) is 0 Å². The van der Waals surface area contributed by atoms with Gasteiger partial charge in [-0.1, -0.05) is 15.9 Å². The third-order valence-corrected chi connectivity index (χ3v) is 1.50. The first kappa shape index (κ1) is 6.68. The molecule has 9 heavy (non-hydrogen) atoms. The Hall–Kier alpha value is -0.440. The Morgan fingerprint density at radius 2 is 2.44 bits per heavy atom. The van der Waals surface area contributed by atoms with Crippen LogP contribution in [0, 0.1) is 0 Å². The van der Waals surface area contributed by atoms with E-state index in [1.54, 1.807) is 6.92 Å². The summed E-state index contributed by atoms with van der Waals surface area (Å²) in [5.41, 5.74) is 0.776. The van der Waals surface area contributed by atoms with Gasteiger partial charge in [-0.3, -0.25) is 4.79 Å². The van der Waals surface area contributed by atoms with Crippen molar-refractivity contribution in [2.24, 2.45) is 4.99 Å². The minimum absolute atomic E-state index is 0.0677. The van der Waals surface area contributed by atoms with Crippen LogP contribution < -0.4 is 0 Å². The molecule has 2 nitrogen and oxygen atoms in total. The molecule has 1 heterocycles. The number of allylic oxidation sites excluding steroid dienone is 1. The summed E-state index contributed by atoms with van der Waals surface area (Å²) in [6.07, 6.45) is 2.26. The van der Waals surface area contributed by atoms with Crippen LogP contribution in [0.2, 0.25) is 0 Å². The van der Waals surface area contributed by atoms with Gasteiger partial charge in [0.05, 0.1) is 6.42 Å². The summed E-state index contributed by atoms with van der Waals surface area (Å²) in [6, 6.07) is 0. The number of carbonyl (C=O) groups is 1. The fraction of sp³-hybridized carbons (Fsp3) is 0.333. The van der Waals surface area contributed by atoms with E-state index in [2.05, 4.69) is 20.9 Å². The van der Waals surface area contributed by atoms with Crippen molar-refractivity contribution in [2.75, 3.05) is 0 Å². The lowest BCUT2D eigenvalue weighted by Crippen LogP contribution is -2.03. The molecule has 0 aromatic carbocycles. The fourth-order valence-electron chi connectivity index (χ4n) is 0.691. The molecule has 48 valence electrons. The number of aliphatic imine (C=N–C) groups is 1. The monoisotopic (exact) mass is 187 g/mol. The van der Waals surface area contributed by atoms with Crippen LogP contribution in [-0.4, -0.2) is 11.6 Å². The maximum atomic E-state index is 10.6. The summed E-state index contributed by atoms with van der Waals surface area (Å²) < 4.78 is 0.917. The molecule has 0 unspecified atom stereocenters. The van der Waals surface area contributed by atoms with E-state index < -0.39 is 0 Å². The molecule has 1 amide bonds. The van der Waals surface area contributed by atoms with Crippen molar-refractivity contribution < 1.29 is 4.79 Å². The van der Waals surface area contributed by atoms with E-state index in [1.807, 2.05) is 6.08 Å². The van der Waals surface area contributed by atoms with E-state index in [4.69, 9.17) is 0 Å². The molecular formula is C6H6BrNO. The molecule has 1 aliphatic rings. The minimum atomic E-state index is -0.0677. The second-order valence-electron chi connectivity index (χ2n) is 1.91. The molecule has 0 radical (unpaired) electrons. The number of hydrogen-bond donors (Lipinski definition) is 0. The standard InChI is InChI=1S/C6H6BrNO/c1-4-2-5(7)3-6(9)8-4/h2H,3H2,1H3. The average Bonchev–Trinajstić information content (AvgIpc) is 1.59. The lowest BCUT2D eigenvalue weighted by atomic mass is 10.2.